The van der Waals surface area contributed by atoms with Gasteiger partial charge in [-0.1, -0.05) is 31.0 Å². The van der Waals surface area contributed by atoms with Gasteiger partial charge in [-0.05, 0) is 71.4 Å². The molecular weight excluding hydrogens is 557 g/mol. The second kappa shape index (κ2) is 12.7. The lowest BCUT2D eigenvalue weighted by molar-refractivity contribution is -0.145. The number of anilines is 1. The number of rotatable bonds is 9. The molecule has 0 aromatic heterocycles. The number of likely N-dealkylation sites (N-methyl/N-ethyl adjacent to an activating group) is 1. The molecule has 0 atom stereocenters. The van der Waals surface area contributed by atoms with Gasteiger partial charge in [0.05, 0.1) is 16.9 Å². The molecule has 1 fully saturated rings. The van der Waals surface area contributed by atoms with E-state index in [2.05, 4.69) is 18.5 Å². The molecule has 2 aliphatic rings. The second-order valence-corrected chi connectivity index (χ2v) is 11.9. The molecule has 3 rings (SSSR count). The molecular formula is C29H37F3N4O4S. The minimum atomic E-state index is -4.51. The van der Waals surface area contributed by atoms with E-state index in [0.717, 1.165) is 21.9 Å². The number of thioether (sulfide) groups is 1. The molecule has 12 heteroatoms. The normalized spacial score (nSPS) is 17.0. The number of halogens is 3. The molecule has 0 radical (unpaired) electrons. The number of imide groups is 1. The lowest BCUT2D eigenvalue weighted by Crippen LogP contribution is -2.62. The molecule has 224 valence electrons. The van der Waals surface area contributed by atoms with Crippen LogP contribution in [0, 0.1) is 0 Å². The van der Waals surface area contributed by atoms with Crippen LogP contribution in [0.1, 0.15) is 45.6 Å². The summed E-state index contributed by atoms with van der Waals surface area (Å²) >= 11 is 1.30. The maximum atomic E-state index is 13.6. The fourth-order valence-corrected chi connectivity index (χ4v) is 5.89. The summed E-state index contributed by atoms with van der Waals surface area (Å²) < 4.78 is 45.9. The van der Waals surface area contributed by atoms with Gasteiger partial charge in [-0.3, -0.25) is 14.5 Å². The van der Waals surface area contributed by atoms with E-state index in [0.29, 0.717) is 22.7 Å². The van der Waals surface area contributed by atoms with Gasteiger partial charge in [0.1, 0.15) is 11.1 Å². The number of carbonyl (C=O) groups is 3. The Hall–Kier alpha value is -3.25. The van der Waals surface area contributed by atoms with E-state index in [1.807, 2.05) is 0 Å². The number of nitrogens with one attached hydrogen (secondary N) is 1. The van der Waals surface area contributed by atoms with E-state index in [1.165, 1.54) is 17.8 Å². The third-order valence-electron chi connectivity index (χ3n) is 7.04. The van der Waals surface area contributed by atoms with E-state index in [1.54, 1.807) is 49.8 Å². The van der Waals surface area contributed by atoms with E-state index < -0.39 is 34.9 Å². The number of fused-ring (bicyclic) bond motifs is 1. The number of carbonyl (C=O) groups excluding carboxylic acids is 3. The van der Waals surface area contributed by atoms with Gasteiger partial charge in [0.2, 0.25) is 12.3 Å². The monoisotopic (exact) mass is 594 g/mol. The van der Waals surface area contributed by atoms with E-state index in [9.17, 15) is 27.6 Å². The molecule has 0 aliphatic carbocycles. The Balaban J connectivity index is 1.74. The summed E-state index contributed by atoms with van der Waals surface area (Å²) in [6.07, 6.45) is -0.450. The highest BCUT2D eigenvalue weighted by molar-refractivity contribution is 8.03. The predicted molar refractivity (Wildman–Crippen MR) is 153 cm³/mol. The van der Waals surface area contributed by atoms with Crippen LogP contribution in [0.2, 0.25) is 0 Å². The number of piperidine rings is 1. The lowest BCUT2D eigenvalue weighted by Gasteiger charge is -2.42. The molecule has 0 bridgehead atoms. The first kappa shape index (κ1) is 32.3. The van der Waals surface area contributed by atoms with Gasteiger partial charge >= 0.3 is 12.3 Å². The Morgan fingerprint density at radius 2 is 1.83 bits per heavy atom. The van der Waals surface area contributed by atoms with Crippen LogP contribution in [0.4, 0.5) is 23.7 Å². The molecule has 1 saturated heterocycles. The first-order valence-corrected chi connectivity index (χ1v) is 14.1. The molecule has 0 saturated carbocycles. The largest absolute Gasteiger partial charge is 0.444 e. The van der Waals surface area contributed by atoms with Crippen LogP contribution in [0.25, 0.3) is 0 Å². The highest BCUT2D eigenvalue weighted by Crippen LogP contribution is 2.46. The van der Waals surface area contributed by atoms with E-state index in [4.69, 9.17) is 4.74 Å². The van der Waals surface area contributed by atoms with Gasteiger partial charge in [-0.25, -0.2) is 4.79 Å². The fourth-order valence-electron chi connectivity index (χ4n) is 4.87. The van der Waals surface area contributed by atoms with Crippen LogP contribution in [-0.4, -0.2) is 72.6 Å². The standard InChI is InChI=1S/C29H37F3N4O4S/c1-7-21-23(8-2)41-24-11-10-20(29(30,31)32)18-22(24)36(21)15-9-14-35(19-37)25(38)28(33-6)12-16-34(17-13-28)26(39)40-27(3,4)5/h7-8,10-11,18-19,33H,1-2,9,12-17H2,3-6H3. The van der Waals surface area contributed by atoms with Crippen LogP contribution in [0.5, 0.6) is 0 Å². The van der Waals surface area contributed by atoms with Crippen molar-refractivity contribution in [3.05, 3.63) is 59.7 Å². The Kier molecular flexibility index (Phi) is 10.0. The van der Waals surface area contributed by atoms with Crippen LogP contribution >= 0.6 is 11.8 Å². The molecule has 2 heterocycles. The van der Waals surface area contributed by atoms with E-state index >= 15 is 0 Å². The van der Waals surface area contributed by atoms with Gasteiger partial charge in [0, 0.05) is 36.0 Å². The first-order chi connectivity index (χ1) is 19.2. The molecule has 2 aliphatic heterocycles. The Labute approximate surface area is 243 Å². The molecule has 1 aromatic rings. The molecule has 3 amide bonds. The minimum absolute atomic E-state index is 0.0489. The highest BCUT2D eigenvalue weighted by Gasteiger charge is 2.44. The number of hydrogen-bond acceptors (Lipinski definition) is 7. The molecule has 41 heavy (non-hydrogen) atoms. The number of benzene rings is 1. The number of nitrogens with zero attached hydrogens (tertiary/aromatic N) is 3. The zero-order chi connectivity index (χ0) is 30.6. The molecule has 8 nitrogen and oxygen atoms in total. The van der Waals surface area contributed by atoms with Gasteiger partial charge in [-0.2, -0.15) is 13.2 Å². The number of amides is 3. The smallest absolute Gasteiger partial charge is 0.416 e. The molecule has 0 spiro atoms. The number of hydrogen-bond donors (Lipinski definition) is 1. The van der Waals surface area contributed by atoms with Crippen molar-refractivity contribution in [1.29, 1.82) is 0 Å². The second-order valence-electron chi connectivity index (χ2n) is 10.8. The summed E-state index contributed by atoms with van der Waals surface area (Å²) in [5.74, 6) is -0.418. The summed E-state index contributed by atoms with van der Waals surface area (Å²) in [5, 5.41) is 3.06. The van der Waals surface area contributed by atoms with Crippen molar-refractivity contribution in [2.24, 2.45) is 0 Å². The third kappa shape index (κ3) is 7.34. The summed E-state index contributed by atoms with van der Waals surface area (Å²) in [5.41, 5.74) is -1.49. The number of ether oxygens (including phenoxy) is 1. The van der Waals surface area contributed by atoms with E-state index in [-0.39, 0.29) is 45.4 Å². The van der Waals surface area contributed by atoms with Crippen LogP contribution in [-0.2, 0) is 20.5 Å². The number of allylic oxidation sites excluding steroid dienone is 2. The van der Waals surface area contributed by atoms with Crippen molar-refractivity contribution < 1.29 is 32.3 Å². The summed E-state index contributed by atoms with van der Waals surface area (Å²) in [4.78, 5) is 43.8. The van der Waals surface area contributed by atoms with Crippen molar-refractivity contribution in [1.82, 2.24) is 15.1 Å². The lowest BCUT2D eigenvalue weighted by atomic mass is 9.86. The third-order valence-corrected chi connectivity index (χ3v) is 8.21. The average Bonchev–Trinajstić information content (AvgIpc) is 2.92. The SMILES string of the molecule is C=CC1=C(C=C)N(CCCN(C=O)C(=O)C2(NC)CCN(C(=O)OC(C)(C)C)CC2)c2cc(C(F)(F)F)ccc2S1. The van der Waals surface area contributed by atoms with Gasteiger partial charge in [0.25, 0.3) is 0 Å². The summed E-state index contributed by atoms with van der Waals surface area (Å²) in [6, 6.07) is 3.57. The number of likely N-dealkylation sites (tertiary alicyclic amines) is 1. The Morgan fingerprint density at radius 3 is 2.34 bits per heavy atom. The van der Waals surface area contributed by atoms with Gasteiger partial charge in [0.15, 0.2) is 0 Å². The van der Waals surface area contributed by atoms with Crippen molar-refractivity contribution >= 4 is 35.9 Å². The van der Waals surface area contributed by atoms with Crippen LogP contribution in [0.15, 0.2) is 59.0 Å². The molecule has 1 N–H and O–H groups in total. The average molecular weight is 595 g/mol. The van der Waals surface area contributed by atoms with Crippen molar-refractivity contribution in [2.75, 3.05) is 38.1 Å². The highest BCUT2D eigenvalue weighted by atomic mass is 32.2. The molecule has 0 unspecified atom stereocenters. The van der Waals surface area contributed by atoms with Gasteiger partial charge < -0.3 is 19.9 Å². The quantitative estimate of drug-likeness (QED) is 0.375. The van der Waals surface area contributed by atoms with Crippen molar-refractivity contribution in [2.45, 2.75) is 62.2 Å². The van der Waals surface area contributed by atoms with Crippen molar-refractivity contribution in [3.8, 4) is 0 Å². The predicted octanol–water partition coefficient (Wildman–Crippen LogP) is 5.57. The first-order valence-electron chi connectivity index (χ1n) is 13.3. The molecule has 1 aromatic carbocycles. The van der Waals surface area contributed by atoms with Crippen LogP contribution in [0.3, 0.4) is 0 Å². The maximum absolute atomic E-state index is 13.6. The zero-order valence-corrected chi connectivity index (χ0v) is 24.7. The fraction of sp³-hybridized carbons (Fsp3) is 0.483. The minimum Gasteiger partial charge on any atom is -0.444 e. The van der Waals surface area contributed by atoms with Crippen molar-refractivity contribution in [3.63, 3.8) is 0 Å². The Morgan fingerprint density at radius 1 is 1.17 bits per heavy atom. The summed E-state index contributed by atoms with van der Waals surface area (Å²) in [7, 11) is 1.64. The number of alkyl halides is 3. The Bertz CT molecular complexity index is 1220. The summed E-state index contributed by atoms with van der Waals surface area (Å²) in [6.45, 7) is 13.8. The maximum Gasteiger partial charge on any atom is 0.416 e. The van der Waals surface area contributed by atoms with Crippen LogP contribution < -0.4 is 10.2 Å². The van der Waals surface area contributed by atoms with Gasteiger partial charge in [-0.15, -0.1) is 0 Å². The topological polar surface area (TPSA) is 82.2 Å². The zero-order valence-electron chi connectivity index (χ0n) is 23.8.